The maximum absolute atomic E-state index is 12.1. The summed E-state index contributed by atoms with van der Waals surface area (Å²) in [4.78, 5) is 14.0. The Morgan fingerprint density at radius 1 is 1.24 bits per heavy atom. The molecule has 0 bridgehead atoms. The van der Waals surface area contributed by atoms with E-state index in [1.807, 2.05) is 11.8 Å². The van der Waals surface area contributed by atoms with Gasteiger partial charge in [0.05, 0.1) is 5.75 Å². The van der Waals surface area contributed by atoms with Crippen LogP contribution in [-0.4, -0.2) is 68.0 Å². The van der Waals surface area contributed by atoms with Crippen LogP contribution in [0.3, 0.4) is 0 Å². The van der Waals surface area contributed by atoms with E-state index in [0.717, 1.165) is 32.5 Å². The minimum Gasteiger partial charge on any atom is -0.337 e. The lowest BCUT2D eigenvalue weighted by atomic mass is 10.2. The highest BCUT2D eigenvalue weighted by Gasteiger charge is 2.26. The Bertz CT molecular complexity index is 438. The molecule has 1 atom stereocenters. The van der Waals surface area contributed by atoms with Crippen LogP contribution >= 0.6 is 12.4 Å². The quantitative estimate of drug-likeness (QED) is 0.789. The number of hydrogen-bond acceptors (Lipinski definition) is 4. The first kappa shape index (κ1) is 18.7. The summed E-state index contributed by atoms with van der Waals surface area (Å²) in [5, 5.41) is 3.24. The SMILES string of the molecule is CC1CNCCN1C(=O)CCCS(=O)(=O)N1CCCC1.Cl. The average Bonchev–Trinajstić information content (AvgIpc) is 2.93. The lowest BCUT2D eigenvalue weighted by molar-refractivity contribution is -0.133. The van der Waals surface area contributed by atoms with Gasteiger partial charge in [-0.15, -0.1) is 12.4 Å². The van der Waals surface area contributed by atoms with E-state index in [4.69, 9.17) is 0 Å². The van der Waals surface area contributed by atoms with Crippen molar-refractivity contribution in [2.24, 2.45) is 0 Å². The van der Waals surface area contributed by atoms with Gasteiger partial charge >= 0.3 is 0 Å². The number of nitrogens with one attached hydrogen (secondary N) is 1. The number of carbonyl (C=O) groups is 1. The van der Waals surface area contributed by atoms with Crippen LogP contribution in [0, 0.1) is 0 Å². The Morgan fingerprint density at radius 2 is 1.90 bits per heavy atom. The number of sulfonamides is 1. The van der Waals surface area contributed by atoms with E-state index in [2.05, 4.69) is 5.32 Å². The zero-order chi connectivity index (χ0) is 14.6. The molecule has 0 radical (unpaired) electrons. The number of hydrogen-bond donors (Lipinski definition) is 1. The van der Waals surface area contributed by atoms with Gasteiger partial charge in [0.2, 0.25) is 15.9 Å². The predicted molar refractivity (Wildman–Crippen MR) is 85.1 cm³/mol. The van der Waals surface area contributed by atoms with E-state index in [1.165, 1.54) is 0 Å². The lowest BCUT2D eigenvalue weighted by Gasteiger charge is -2.34. The fourth-order valence-electron chi connectivity index (χ4n) is 2.86. The van der Waals surface area contributed by atoms with E-state index in [9.17, 15) is 13.2 Å². The van der Waals surface area contributed by atoms with Gasteiger partial charge in [0.1, 0.15) is 0 Å². The van der Waals surface area contributed by atoms with Gasteiger partial charge in [-0.2, -0.15) is 0 Å². The number of carbonyl (C=O) groups excluding carboxylic acids is 1. The second kappa shape index (κ2) is 8.31. The van der Waals surface area contributed by atoms with Crippen molar-refractivity contribution in [2.75, 3.05) is 38.5 Å². The van der Waals surface area contributed by atoms with Crippen molar-refractivity contribution in [3.8, 4) is 0 Å². The molecule has 1 N–H and O–H groups in total. The first-order valence-corrected chi connectivity index (χ1v) is 9.09. The molecule has 0 saturated carbocycles. The van der Waals surface area contributed by atoms with Crippen LogP contribution in [0.15, 0.2) is 0 Å². The van der Waals surface area contributed by atoms with Crippen LogP contribution in [0.5, 0.6) is 0 Å². The van der Waals surface area contributed by atoms with E-state index >= 15 is 0 Å². The van der Waals surface area contributed by atoms with Crippen molar-refractivity contribution in [3.63, 3.8) is 0 Å². The summed E-state index contributed by atoms with van der Waals surface area (Å²) < 4.78 is 25.7. The maximum atomic E-state index is 12.1. The molecule has 2 saturated heterocycles. The third-order valence-corrected chi connectivity index (χ3v) is 6.03. The van der Waals surface area contributed by atoms with Crippen molar-refractivity contribution in [2.45, 2.75) is 38.6 Å². The average molecular weight is 340 g/mol. The molecule has 0 aromatic heterocycles. The Morgan fingerprint density at radius 3 is 2.52 bits per heavy atom. The van der Waals surface area contributed by atoms with E-state index < -0.39 is 10.0 Å². The zero-order valence-electron chi connectivity index (χ0n) is 12.6. The summed E-state index contributed by atoms with van der Waals surface area (Å²) in [6, 6.07) is 0.200. The van der Waals surface area contributed by atoms with Crippen LogP contribution in [-0.2, 0) is 14.8 Å². The normalized spacial score (nSPS) is 23.9. The molecule has 2 fully saturated rings. The molecule has 2 rings (SSSR count). The predicted octanol–water partition coefficient (Wildman–Crippen LogP) is 0.434. The summed E-state index contributed by atoms with van der Waals surface area (Å²) in [5.41, 5.74) is 0. The number of nitrogens with zero attached hydrogens (tertiary/aromatic N) is 2. The highest BCUT2D eigenvalue weighted by Crippen LogP contribution is 2.15. The number of halogens is 1. The fraction of sp³-hybridized carbons (Fsp3) is 0.923. The van der Waals surface area contributed by atoms with Gasteiger partial charge in [0.15, 0.2) is 0 Å². The van der Waals surface area contributed by atoms with Crippen LogP contribution in [0.25, 0.3) is 0 Å². The fourth-order valence-corrected chi connectivity index (χ4v) is 4.44. The Kier molecular flexibility index (Phi) is 7.39. The molecule has 1 unspecified atom stereocenters. The molecule has 1 amide bonds. The van der Waals surface area contributed by atoms with Crippen molar-refractivity contribution < 1.29 is 13.2 Å². The molecule has 124 valence electrons. The van der Waals surface area contributed by atoms with Gasteiger partial charge in [-0.3, -0.25) is 4.79 Å². The number of rotatable bonds is 5. The van der Waals surface area contributed by atoms with Crippen molar-refractivity contribution in [1.29, 1.82) is 0 Å². The molecule has 0 aliphatic carbocycles. The van der Waals surface area contributed by atoms with Gasteiger partial charge in [-0.1, -0.05) is 0 Å². The van der Waals surface area contributed by atoms with Crippen LogP contribution in [0.2, 0.25) is 0 Å². The summed E-state index contributed by atoms with van der Waals surface area (Å²) in [5.74, 6) is 0.176. The summed E-state index contributed by atoms with van der Waals surface area (Å²) in [6.07, 6.45) is 2.67. The minimum atomic E-state index is -3.15. The smallest absolute Gasteiger partial charge is 0.222 e. The van der Waals surface area contributed by atoms with Crippen molar-refractivity contribution in [3.05, 3.63) is 0 Å². The molecule has 0 aromatic rings. The third-order valence-electron chi connectivity index (χ3n) is 4.07. The molecular weight excluding hydrogens is 314 g/mol. The van der Waals surface area contributed by atoms with Gasteiger partial charge in [-0.25, -0.2) is 12.7 Å². The molecule has 21 heavy (non-hydrogen) atoms. The monoisotopic (exact) mass is 339 g/mol. The molecule has 2 aliphatic rings. The molecule has 0 spiro atoms. The standard InChI is InChI=1S/C13H25N3O3S.ClH/c1-12-11-14-6-9-16(12)13(17)5-4-10-20(18,19)15-7-2-3-8-15;/h12,14H,2-11H2,1H3;1H. The lowest BCUT2D eigenvalue weighted by Crippen LogP contribution is -2.52. The maximum Gasteiger partial charge on any atom is 0.222 e. The van der Waals surface area contributed by atoms with Gasteiger partial charge in [0, 0.05) is 45.2 Å². The van der Waals surface area contributed by atoms with Crippen LogP contribution < -0.4 is 5.32 Å². The van der Waals surface area contributed by atoms with Crippen LogP contribution in [0.1, 0.15) is 32.6 Å². The molecule has 2 aliphatic heterocycles. The first-order chi connectivity index (χ1) is 9.50. The van der Waals surface area contributed by atoms with E-state index in [-0.39, 0.29) is 30.1 Å². The Hall–Kier alpha value is -0.370. The van der Waals surface area contributed by atoms with E-state index in [1.54, 1.807) is 4.31 Å². The van der Waals surface area contributed by atoms with Crippen molar-refractivity contribution >= 4 is 28.3 Å². The highest BCUT2D eigenvalue weighted by molar-refractivity contribution is 7.89. The minimum absolute atomic E-state index is 0. The van der Waals surface area contributed by atoms with Gasteiger partial charge in [-0.05, 0) is 26.2 Å². The van der Waals surface area contributed by atoms with Crippen LogP contribution in [0.4, 0.5) is 0 Å². The molecule has 0 aromatic carbocycles. The second-order valence-electron chi connectivity index (χ2n) is 5.67. The Labute approximate surface area is 133 Å². The Balaban J connectivity index is 0.00000220. The number of amides is 1. The zero-order valence-corrected chi connectivity index (χ0v) is 14.2. The number of piperazine rings is 1. The second-order valence-corrected chi connectivity index (χ2v) is 7.75. The molecule has 6 nitrogen and oxygen atoms in total. The highest BCUT2D eigenvalue weighted by atomic mass is 35.5. The first-order valence-electron chi connectivity index (χ1n) is 7.49. The molecule has 8 heteroatoms. The summed E-state index contributed by atoms with van der Waals surface area (Å²) >= 11 is 0. The molecule has 2 heterocycles. The van der Waals surface area contributed by atoms with Gasteiger partial charge < -0.3 is 10.2 Å². The molecular formula is C13H26ClN3O3S. The third kappa shape index (κ3) is 5.09. The van der Waals surface area contributed by atoms with Crippen molar-refractivity contribution in [1.82, 2.24) is 14.5 Å². The summed E-state index contributed by atoms with van der Waals surface area (Å²) in [6.45, 7) is 5.67. The van der Waals surface area contributed by atoms with Gasteiger partial charge in [0.25, 0.3) is 0 Å². The summed E-state index contributed by atoms with van der Waals surface area (Å²) in [7, 11) is -3.15. The largest absolute Gasteiger partial charge is 0.337 e. The topological polar surface area (TPSA) is 69.7 Å². The van der Waals surface area contributed by atoms with E-state index in [0.29, 0.717) is 25.9 Å².